The molecule has 2 aromatic carbocycles. The molecule has 11 heteroatoms. The molecule has 27 heavy (non-hydrogen) atoms. The Labute approximate surface area is 164 Å². The van der Waals surface area contributed by atoms with E-state index in [9.17, 15) is 0 Å². The fraction of sp³-hybridized carbons (Fsp3) is 0. The third kappa shape index (κ3) is 1.87. The van der Waals surface area contributed by atoms with Crippen molar-refractivity contribution in [2.24, 2.45) is 20.4 Å². The first kappa shape index (κ1) is 15.4. The zero-order valence-electron chi connectivity index (χ0n) is 13.5. The molecule has 0 fully saturated rings. The molecule has 4 aliphatic rings. The molecular formula is C16H10Cl2N8P+. The quantitative estimate of drug-likeness (QED) is 0.648. The predicted molar refractivity (Wildman–Crippen MR) is 108 cm³/mol. The van der Waals surface area contributed by atoms with Crippen molar-refractivity contribution in [1.82, 2.24) is 20.0 Å². The maximum atomic E-state index is 6.46. The number of hydrogen-bond acceptors (Lipinski definition) is 8. The highest BCUT2D eigenvalue weighted by molar-refractivity contribution is 7.69. The van der Waals surface area contributed by atoms with Crippen LogP contribution in [0.5, 0.6) is 0 Å². The van der Waals surface area contributed by atoms with Crippen LogP contribution in [0.2, 0.25) is 0 Å². The van der Waals surface area contributed by atoms with Gasteiger partial charge in [-0.05, 0) is 9.56 Å². The topological polar surface area (TPSA) is 80.0 Å². The van der Waals surface area contributed by atoms with Crippen LogP contribution in [0.4, 0.5) is 0 Å². The lowest BCUT2D eigenvalue weighted by molar-refractivity contribution is 0.594. The Morgan fingerprint density at radius 3 is 1.52 bits per heavy atom. The summed E-state index contributed by atoms with van der Waals surface area (Å²) in [6.07, 6.45) is 0. The molecule has 4 aliphatic heterocycles. The average Bonchev–Trinajstić information content (AvgIpc) is 3.25. The normalized spacial score (nSPS) is 20.4. The van der Waals surface area contributed by atoms with E-state index in [1.165, 1.54) is 0 Å². The Kier molecular flexibility index (Phi) is 2.96. The van der Waals surface area contributed by atoms with Crippen molar-refractivity contribution >= 4 is 53.1 Å². The Balaban J connectivity index is 1.50. The summed E-state index contributed by atoms with van der Waals surface area (Å²) in [6.45, 7) is 0. The maximum Gasteiger partial charge on any atom is 0.478 e. The molecule has 0 radical (unpaired) electrons. The van der Waals surface area contributed by atoms with Gasteiger partial charge in [0.15, 0.2) is 10.3 Å². The minimum absolute atomic E-state index is 0.385. The van der Waals surface area contributed by atoms with Gasteiger partial charge in [0.25, 0.3) is 0 Å². The van der Waals surface area contributed by atoms with E-state index in [1.54, 1.807) is 9.56 Å². The van der Waals surface area contributed by atoms with Crippen LogP contribution >= 0.6 is 31.1 Å². The van der Waals surface area contributed by atoms with Crippen LogP contribution in [0.1, 0.15) is 22.3 Å². The highest BCUT2D eigenvalue weighted by atomic mass is 35.5. The first-order valence-corrected chi connectivity index (χ1v) is 10.5. The first-order valence-electron chi connectivity index (χ1n) is 8.07. The van der Waals surface area contributed by atoms with E-state index < -0.39 is 7.87 Å². The minimum Gasteiger partial charge on any atom is -0.118 e. The van der Waals surface area contributed by atoms with Gasteiger partial charge in [0.2, 0.25) is 11.7 Å². The van der Waals surface area contributed by atoms with Crippen LogP contribution in [0, 0.1) is 0 Å². The van der Waals surface area contributed by atoms with Gasteiger partial charge >= 0.3 is 7.87 Å². The van der Waals surface area contributed by atoms with Gasteiger partial charge in [-0.15, -0.1) is 30.8 Å². The number of benzene rings is 2. The second-order valence-corrected chi connectivity index (χ2v) is 9.20. The average molecular weight is 416 g/mol. The summed E-state index contributed by atoms with van der Waals surface area (Å²) >= 11 is 12.9. The van der Waals surface area contributed by atoms with Gasteiger partial charge in [-0.1, -0.05) is 71.7 Å². The van der Waals surface area contributed by atoms with Crippen LogP contribution in [0.3, 0.4) is 0 Å². The number of nitrogens with one attached hydrogen (secondary N) is 2. The fourth-order valence-corrected chi connectivity index (χ4v) is 6.31. The number of rotatable bonds is 0. The number of hydrazone groups is 4. The van der Waals surface area contributed by atoms with E-state index in [1.807, 2.05) is 48.5 Å². The second-order valence-electron chi connectivity index (χ2n) is 6.12. The van der Waals surface area contributed by atoms with Gasteiger partial charge < -0.3 is 0 Å². The largest absolute Gasteiger partial charge is 0.478 e. The van der Waals surface area contributed by atoms with E-state index >= 15 is 0 Å². The monoisotopic (exact) mass is 415 g/mol. The van der Waals surface area contributed by atoms with Crippen LogP contribution in [-0.4, -0.2) is 31.6 Å². The van der Waals surface area contributed by atoms with Crippen molar-refractivity contribution in [2.75, 3.05) is 0 Å². The standard InChI is InChI=1S/C16H10Cl2N8P/c17-13-9-5-1-3-7-11(9)15-19-23-27(25(15)21-13)24-20-16-12-8-4-2-6-10(12)14(18)22-26(16)27/h1-8,23-24H/q+1. The van der Waals surface area contributed by atoms with E-state index in [0.717, 1.165) is 22.3 Å². The SMILES string of the molecule is ClC1=NN2C(=NN[P+]23NN=C2c4ccccc4C(Cl)=NN23)c2ccccc21. The molecule has 0 saturated heterocycles. The number of fused-ring (bicyclic) bond motifs is 8. The molecule has 0 unspecified atom stereocenters. The number of halogens is 2. The molecule has 0 amide bonds. The van der Waals surface area contributed by atoms with Crippen LogP contribution in [0.15, 0.2) is 68.9 Å². The molecular weight excluding hydrogens is 406 g/mol. The lowest BCUT2D eigenvalue weighted by Crippen LogP contribution is -2.41. The minimum atomic E-state index is -2.63. The predicted octanol–water partition coefficient (Wildman–Crippen LogP) is 3.03. The zero-order valence-corrected chi connectivity index (χ0v) is 15.9. The lowest BCUT2D eigenvalue weighted by Gasteiger charge is -2.30. The van der Waals surface area contributed by atoms with E-state index in [-0.39, 0.29) is 0 Å². The van der Waals surface area contributed by atoms with Crippen molar-refractivity contribution in [3.05, 3.63) is 70.8 Å². The molecule has 0 aliphatic carbocycles. The summed E-state index contributed by atoms with van der Waals surface area (Å²) < 4.78 is 3.49. The van der Waals surface area contributed by atoms with Gasteiger partial charge in [-0.3, -0.25) is 0 Å². The summed E-state index contributed by atoms with van der Waals surface area (Å²) in [5.74, 6) is 1.33. The fourth-order valence-electron chi connectivity index (χ4n) is 3.42. The first-order chi connectivity index (χ1) is 13.2. The van der Waals surface area contributed by atoms with Crippen LogP contribution in [-0.2, 0) is 0 Å². The van der Waals surface area contributed by atoms with Crippen molar-refractivity contribution in [2.45, 2.75) is 0 Å². The third-order valence-corrected chi connectivity index (χ3v) is 7.63. The molecule has 132 valence electrons. The van der Waals surface area contributed by atoms with Gasteiger partial charge in [0.05, 0.1) is 0 Å². The van der Waals surface area contributed by atoms with Gasteiger partial charge in [0.1, 0.15) is 0 Å². The van der Waals surface area contributed by atoms with E-state index in [0.29, 0.717) is 22.0 Å². The Morgan fingerprint density at radius 1 is 0.667 bits per heavy atom. The third-order valence-electron chi connectivity index (χ3n) is 4.66. The summed E-state index contributed by atoms with van der Waals surface area (Å²) in [5, 5.41) is 25.3. The Bertz CT molecular complexity index is 1050. The van der Waals surface area contributed by atoms with Crippen molar-refractivity contribution in [1.29, 1.82) is 0 Å². The molecule has 2 aromatic rings. The van der Waals surface area contributed by atoms with Crippen molar-refractivity contribution in [3.8, 4) is 0 Å². The van der Waals surface area contributed by atoms with Gasteiger partial charge in [-0.25, -0.2) is 0 Å². The number of hydrogen-bond donors (Lipinski definition) is 2. The molecule has 4 heterocycles. The molecule has 1 spiro atoms. The molecule has 2 N–H and O–H groups in total. The second kappa shape index (κ2) is 5.19. The van der Waals surface area contributed by atoms with Crippen LogP contribution in [0.25, 0.3) is 0 Å². The number of nitrogens with zero attached hydrogens (tertiary/aromatic N) is 6. The molecule has 6 rings (SSSR count). The van der Waals surface area contributed by atoms with Gasteiger partial charge in [-0.2, -0.15) is 0 Å². The lowest BCUT2D eigenvalue weighted by atomic mass is 10.1. The zero-order chi connectivity index (χ0) is 18.2. The number of amidine groups is 2. The molecule has 0 atom stereocenters. The highest BCUT2D eigenvalue weighted by Gasteiger charge is 2.67. The van der Waals surface area contributed by atoms with Crippen molar-refractivity contribution in [3.63, 3.8) is 0 Å². The summed E-state index contributed by atoms with van der Waals surface area (Å²) in [7, 11) is -2.63. The molecule has 0 bridgehead atoms. The molecule has 0 aromatic heterocycles. The highest BCUT2D eigenvalue weighted by Crippen LogP contribution is 2.65. The van der Waals surface area contributed by atoms with Gasteiger partial charge in [0, 0.05) is 22.3 Å². The smallest absolute Gasteiger partial charge is 0.118 e. The maximum absolute atomic E-state index is 6.46. The Morgan fingerprint density at radius 2 is 1.07 bits per heavy atom. The molecule has 8 nitrogen and oxygen atoms in total. The van der Waals surface area contributed by atoms with Crippen LogP contribution < -0.4 is 10.4 Å². The van der Waals surface area contributed by atoms with E-state index in [2.05, 4.69) is 30.8 Å². The summed E-state index contributed by atoms with van der Waals surface area (Å²) in [4.78, 5) is 0. The summed E-state index contributed by atoms with van der Waals surface area (Å²) in [5.41, 5.74) is 3.46. The Hall–Kier alpha value is -2.67. The summed E-state index contributed by atoms with van der Waals surface area (Å²) in [6, 6.07) is 15.5. The van der Waals surface area contributed by atoms with Crippen molar-refractivity contribution < 1.29 is 0 Å². The van der Waals surface area contributed by atoms with E-state index in [4.69, 9.17) is 23.2 Å². The molecule has 0 saturated carbocycles.